The fourth-order valence-electron chi connectivity index (χ4n) is 1.07. The van der Waals surface area contributed by atoms with Gasteiger partial charge in [0.15, 0.2) is 0 Å². The second-order valence-electron chi connectivity index (χ2n) is 2.78. The highest BCUT2D eigenvalue weighted by Crippen LogP contribution is 2.37. The lowest BCUT2D eigenvalue weighted by atomic mass is 10.1. The first-order chi connectivity index (χ1) is 7.29. The van der Waals surface area contributed by atoms with E-state index in [1.807, 2.05) is 0 Å². The lowest BCUT2D eigenvalue weighted by molar-refractivity contribution is -0.138. The molecule has 0 radical (unpaired) electrons. The second-order valence-corrected chi connectivity index (χ2v) is 4.12. The largest absolute Gasteiger partial charge is 0.418 e. The maximum absolute atomic E-state index is 12.6. The van der Waals surface area contributed by atoms with Crippen LogP contribution in [-0.4, -0.2) is 4.98 Å². The number of nitrogens with zero attached hydrogens (tertiary/aromatic N) is 1. The molecule has 0 unspecified atom stereocenters. The Hall–Kier alpha value is -0.180. The number of rotatable bonds is 2. The van der Waals surface area contributed by atoms with Gasteiger partial charge < -0.3 is 0 Å². The molecule has 0 bridgehead atoms. The molecule has 0 spiro atoms. The van der Waals surface area contributed by atoms with E-state index in [0.29, 0.717) is 6.20 Å². The van der Waals surface area contributed by atoms with Crippen LogP contribution in [0.3, 0.4) is 0 Å². The Labute approximate surface area is 106 Å². The van der Waals surface area contributed by atoms with E-state index >= 15 is 0 Å². The van der Waals surface area contributed by atoms with E-state index in [2.05, 4.69) is 4.98 Å². The normalized spacial score (nSPS) is 12.2. The molecule has 8 heteroatoms. The fourth-order valence-corrected chi connectivity index (χ4v) is 2.27. The van der Waals surface area contributed by atoms with Crippen LogP contribution in [0.1, 0.15) is 23.2 Å². The highest BCUT2D eigenvalue weighted by atomic mass is 127. The van der Waals surface area contributed by atoms with Crippen molar-refractivity contribution in [2.75, 3.05) is 0 Å². The molecular weight excluding hydrogens is 367 g/mol. The van der Waals surface area contributed by atoms with Gasteiger partial charge in [-0.3, -0.25) is 4.98 Å². The van der Waals surface area contributed by atoms with Crippen molar-refractivity contribution in [2.24, 2.45) is 0 Å². The monoisotopic (exact) mass is 371 g/mol. The molecule has 16 heavy (non-hydrogen) atoms. The topological polar surface area (TPSA) is 12.9 Å². The molecule has 90 valence electrons. The summed E-state index contributed by atoms with van der Waals surface area (Å²) in [4.78, 5) is 3.31. The van der Waals surface area contributed by atoms with Crippen LogP contribution in [0.4, 0.5) is 22.0 Å². The van der Waals surface area contributed by atoms with Gasteiger partial charge in [0.2, 0.25) is 0 Å². The van der Waals surface area contributed by atoms with E-state index in [1.54, 1.807) is 0 Å². The number of alkyl halides is 6. The maximum Gasteiger partial charge on any atom is 0.418 e. The standard InChI is InChI=1S/C8H4ClF5IN/c9-1-4-5(7(10)11)6(15)3(2-16-4)8(12,13)14/h2,7H,1H2. The van der Waals surface area contributed by atoms with Crippen LogP contribution in [0.25, 0.3) is 0 Å². The molecule has 0 saturated carbocycles. The molecule has 1 rings (SSSR count). The fraction of sp³-hybridized carbons (Fsp3) is 0.375. The van der Waals surface area contributed by atoms with Crippen LogP contribution in [0, 0.1) is 3.57 Å². The van der Waals surface area contributed by atoms with Gasteiger partial charge >= 0.3 is 6.18 Å². The summed E-state index contributed by atoms with van der Waals surface area (Å²) in [5.74, 6) is -0.353. The Morgan fingerprint density at radius 2 is 1.94 bits per heavy atom. The van der Waals surface area contributed by atoms with E-state index in [-0.39, 0.29) is 11.6 Å². The summed E-state index contributed by atoms with van der Waals surface area (Å²) in [6.07, 6.45) is -7.21. The molecule has 1 heterocycles. The van der Waals surface area contributed by atoms with Crippen LogP contribution in [0.2, 0.25) is 0 Å². The van der Waals surface area contributed by atoms with Gasteiger partial charge in [0.1, 0.15) is 0 Å². The predicted molar refractivity (Wildman–Crippen MR) is 56.5 cm³/mol. The molecule has 0 aromatic carbocycles. The third kappa shape index (κ3) is 2.73. The van der Waals surface area contributed by atoms with E-state index < -0.39 is 27.3 Å². The molecule has 0 saturated heterocycles. The highest BCUT2D eigenvalue weighted by molar-refractivity contribution is 14.1. The van der Waals surface area contributed by atoms with E-state index in [0.717, 1.165) is 0 Å². The molecule has 0 aliphatic carbocycles. The van der Waals surface area contributed by atoms with Crippen molar-refractivity contribution in [3.8, 4) is 0 Å². The zero-order valence-corrected chi connectivity index (χ0v) is 10.4. The Balaban J connectivity index is 3.44. The lowest BCUT2D eigenvalue weighted by Crippen LogP contribution is -2.12. The highest BCUT2D eigenvalue weighted by Gasteiger charge is 2.36. The van der Waals surface area contributed by atoms with Crippen LogP contribution >= 0.6 is 34.2 Å². The Kier molecular flexibility index (Phi) is 4.33. The van der Waals surface area contributed by atoms with Crippen LogP contribution in [0.15, 0.2) is 6.20 Å². The zero-order chi connectivity index (χ0) is 12.5. The molecule has 1 aromatic heterocycles. The minimum atomic E-state index is -4.70. The number of hydrogen-bond donors (Lipinski definition) is 0. The van der Waals surface area contributed by atoms with Crippen molar-refractivity contribution in [3.05, 3.63) is 26.6 Å². The Bertz CT molecular complexity index is 393. The second kappa shape index (κ2) is 4.99. The third-order valence-electron chi connectivity index (χ3n) is 1.78. The van der Waals surface area contributed by atoms with Gasteiger partial charge in [0.25, 0.3) is 6.43 Å². The summed E-state index contributed by atoms with van der Waals surface area (Å²) in [6, 6.07) is 0. The molecule has 0 aliphatic heterocycles. The Morgan fingerprint density at radius 3 is 2.31 bits per heavy atom. The number of hydrogen-bond acceptors (Lipinski definition) is 1. The maximum atomic E-state index is 12.6. The molecule has 1 aromatic rings. The molecule has 0 atom stereocenters. The molecular formula is C8H4ClF5IN. The number of aromatic nitrogens is 1. The molecule has 1 nitrogen and oxygen atoms in total. The first kappa shape index (κ1) is 13.9. The summed E-state index contributed by atoms with van der Waals surface area (Å²) in [5, 5.41) is 0. The SMILES string of the molecule is FC(F)c1c(CCl)ncc(C(F)(F)F)c1I. The van der Waals surface area contributed by atoms with Crippen molar-refractivity contribution in [3.63, 3.8) is 0 Å². The van der Waals surface area contributed by atoms with Crippen LogP contribution < -0.4 is 0 Å². The Morgan fingerprint density at radius 1 is 1.38 bits per heavy atom. The van der Waals surface area contributed by atoms with Gasteiger partial charge in [-0.1, -0.05) is 0 Å². The quantitative estimate of drug-likeness (QED) is 0.427. The predicted octanol–water partition coefficient (Wildman–Crippen LogP) is 4.38. The van der Waals surface area contributed by atoms with E-state index in [4.69, 9.17) is 11.6 Å². The van der Waals surface area contributed by atoms with Crippen molar-refractivity contribution < 1.29 is 22.0 Å². The van der Waals surface area contributed by atoms with Gasteiger partial charge in [0, 0.05) is 9.77 Å². The first-order valence-corrected chi connectivity index (χ1v) is 5.49. The smallest absolute Gasteiger partial charge is 0.259 e. The molecule has 0 amide bonds. The summed E-state index contributed by atoms with van der Waals surface area (Å²) in [5.41, 5.74) is -2.14. The molecule has 0 aliphatic rings. The molecule has 0 fully saturated rings. The van der Waals surface area contributed by atoms with E-state index in [9.17, 15) is 22.0 Å². The van der Waals surface area contributed by atoms with Crippen LogP contribution in [-0.2, 0) is 12.1 Å². The third-order valence-corrected chi connectivity index (χ3v) is 3.20. The van der Waals surface area contributed by atoms with Gasteiger partial charge in [0.05, 0.1) is 22.7 Å². The van der Waals surface area contributed by atoms with Crippen molar-refractivity contribution in [1.82, 2.24) is 4.98 Å². The summed E-state index contributed by atoms with van der Waals surface area (Å²) in [7, 11) is 0. The first-order valence-electron chi connectivity index (χ1n) is 3.87. The summed E-state index contributed by atoms with van der Waals surface area (Å²) >= 11 is 6.57. The van der Waals surface area contributed by atoms with Crippen LogP contribution in [0.5, 0.6) is 0 Å². The lowest BCUT2D eigenvalue weighted by Gasteiger charge is -2.14. The number of pyridine rings is 1. The van der Waals surface area contributed by atoms with E-state index in [1.165, 1.54) is 22.6 Å². The molecule has 0 N–H and O–H groups in total. The van der Waals surface area contributed by atoms with Gasteiger partial charge in [-0.25, -0.2) is 8.78 Å². The van der Waals surface area contributed by atoms with Crippen molar-refractivity contribution in [2.45, 2.75) is 18.5 Å². The van der Waals surface area contributed by atoms with Crippen molar-refractivity contribution >= 4 is 34.2 Å². The number of halogens is 7. The van der Waals surface area contributed by atoms with Crippen molar-refractivity contribution in [1.29, 1.82) is 0 Å². The summed E-state index contributed by atoms with van der Waals surface area (Å²) in [6.45, 7) is 0. The average Bonchev–Trinajstić information content (AvgIpc) is 2.14. The van der Waals surface area contributed by atoms with Gasteiger partial charge in [-0.05, 0) is 22.6 Å². The minimum absolute atomic E-state index is 0.228. The summed E-state index contributed by atoms with van der Waals surface area (Å²) < 4.78 is 61.8. The van der Waals surface area contributed by atoms with Gasteiger partial charge in [-0.2, -0.15) is 13.2 Å². The average molecular weight is 371 g/mol. The van der Waals surface area contributed by atoms with Gasteiger partial charge in [-0.15, -0.1) is 11.6 Å². The zero-order valence-electron chi connectivity index (χ0n) is 7.45. The minimum Gasteiger partial charge on any atom is -0.259 e.